The number of imidazole rings is 3. The van der Waals surface area contributed by atoms with Crippen molar-refractivity contribution >= 4 is 82.0 Å². The molecule has 0 bridgehead atoms. The van der Waals surface area contributed by atoms with Crippen LogP contribution in [0, 0.1) is 83.9 Å². The Labute approximate surface area is 624 Å². The van der Waals surface area contributed by atoms with Crippen LogP contribution in [0.2, 0.25) is 0 Å². The Kier molecular flexibility index (Phi) is 21.5. The summed E-state index contributed by atoms with van der Waals surface area (Å²) in [6, 6.07) is 78.2. The predicted molar refractivity (Wildman–Crippen MR) is 406 cm³/mol. The molecule has 3 radical (unpaired) electrons. The molecule has 0 unspecified atom stereocenters. The zero-order valence-electron chi connectivity index (χ0n) is 59.2. The third kappa shape index (κ3) is 13.8. The third-order valence-electron chi connectivity index (χ3n) is 19.3. The van der Waals surface area contributed by atoms with Gasteiger partial charge >= 0.3 is 0 Å². The van der Waals surface area contributed by atoms with Gasteiger partial charge in [-0.2, -0.15) is 0 Å². The van der Waals surface area contributed by atoms with Crippen molar-refractivity contribution < 1.29 is 60.3 Å². The molecule has 99 heavy (non-hydrogen) atoms. The Bertz CT molecular complexity index is 5620. The number of nitrogens with zero attached hydrogens (tertiary/aromatic N) is 6. The Hall–Kier alpha value is -8.22. The van der Waals surface area contributed by atoms with E-state index in [2.05, 4.69) is 304 Å². The van der Waals surface area contributed by atoms with Crippen molar-refractivity contribution in [2.45, 2.75) is 123 Å². The van der Waals surface area contributed by atoms with Crippen LogP contribution in [0.1, 0.15) is 115 Å². The first-order valence-electron chi connectivity index (χ1n) is 34.3. The number of rotatable bonds is 10. The van der Waals surface area contributed by atoms with E-state index in [1.807, 2.05) is 24.4 Å². The number of aryl methyl sites for hydroxylation is 7. The van der Waals surface area contributed by atoms with Gasteiger partial charge in [0.15, 0.2) is 0 Å². The number of hydrogen-bond acceptors (Lipinski definition) is 3. The molecule has 505 valence electrons. The molecular weight excluding hydrogens is 1740 g/mol. The van der Waals surface area contributed by atoms with Crippen LogP contribution in [0.5, 0.6) is 0 Å². The topological polar surface area (TPSA) is 51.9 Å². The second-order valence-electron chi connectivity index (χ2n) is 28.9. The molecule has 0 aliphatic rings. The summed E-state index contributed by atoms with van der Waals surface area (Å²) < 4.78 is 7.06. The molecule has 16 rings (SSSR count). The summed E-state index contributed by atoms with van der Waals surface area (Å²) in [5, 5.41) is 10.7. The van der Waals surface area contributed by atoms with Crippen LogP contribution in [0.25, 0.3) is 116 Å². The molecule has 10 aromatic carbocycles. The average molecular weight is 1830 g/mol. The second-order valence-corrected chi connectivity index (χ2v) is 28.9. The van der Waals surface area contributed by atoms with Gasteiger partial charge in [0.05, 0.1) is 39.7 Å². The Balaban J connectivity index is 0.000000148. The number of hydrogen-bond donors (Lipinski definition) is 0. The normalized spacial score (nSPS) is 11.6. The van der Waals surface area contributed by atoms with Crippen LogP contribution >= 0.6 is 0 Å². The molecule has 0 amide bonds. The van der Waals surface area contributed by atoms with Crippen LogP contribution < -0.4 is 0 Å². The molecule has 6 aromatic heterocycles. The van der Waals surface area contributed by atoms with E-state index in [1.54, 1.807) is 0 Å². The SMILES string of the molecule is Cc1cccc(C)c1-c1c(C)nc2c3[c-]cccc3c3cc(CC(C)(C)C)ccc3n12.Cc1cccc(C)c1-c1cnc2c3[c-]cccc3c3cc(CC(C)C)c(CC(C)C)cc3n12.Cc1cccc(C)c1-c1cnc2c3[c-]cccc3c3cc(Cc4ccccc4)ccc3n12.[Ir].[Ir].[Ir]. The van der Waals surface area contributed by atoms with Gasteiger partial charge in [0, 0.05) is 106 Å². The fourth-order valence-electron chi connectivity index (χ4n) is 15.3. The van der Waals surface area contributed by atoms with E-state index in [4.69, 9.17) is 15.0 Å². The van der Waals surface area contributed by atoms with E-state index < -0.39 is 0 Å². The third-order valence-corrected chi connectivity index (χ3v) is 19.3. The molecule has 0 N–H and O–H groups in total. The van der Waals surface area contributed by atoms with E-state index in [1.165, 1.54) is 132 Å². The van der Waals surface area contributed by atoms with Gasteiger partial charge in [-0.05, 0) is 187 Å². The van der Waals surface area contributed by atoms with E-state index >= 15 is 0 Å². The predicted octanol–water partition coefficient (Wildman–Crippen LogP) is 23.1. The Morgan fingerprint density at radius 3 is 1.27 bits per heavy atom. The van der Waals surface area contributed by atoms with Crippen LogP contribution in [0.15, 0.2) is 200 Å². The molecule has 16 aromatic rings. The minimum atomic E-state index is 0. The monoisotopic (exact) mass is 1830 g/mol. The van der Waals surface area contributed by atoms with E-state index in [-0.39, 0.29) is 65.7 Å². The number of pyridine rings is 3. The molecule has 0 aliphatic heterocycles. The van der Waals surface area contributed by atoms with Crippen LogP contribution in [-0.2, 0) is 86.0 Å². The summed E-state index contributed by atoms with van der Waals surface area (Å²) in [5.41, 5.74) is 29.8. The van der Waals surface area contributed by atoms with Crippen molar-refractivity contribution in [1.29, 1.82) is 0 Å². The summed E-state index contributed by atoms with van der Waals surface area (Å²) in [6.07, 6.45) is 8.22. The first-order chi connectivity index (χ1) is 46.3. The summed E-state index contributed by atoms with van der Waals surface area (Å²) in [5.74, 6) is 1.23. The second kappa shape index (κ2) is 29.5. The molecule has 0 saturated heterocycles. The summed E-state index contributed by atoms with van der Waals surface area (Å²) >= 11 is 0. The van der Waals surface area contributed by atoms with E-state index in [9.17, 15) is 0 Å². The van der Waals surface area contributed by atoms with Crippen LogP contribution in [0.3, 0.4) is 0 Å². The zero-order chi connectivity index (χ0) is 66.8. The molecule has 0 aliphatic carbocycles. The van der Waals surface area contributed by atoms with Crippen molar-refractivity contribution in [1.82, 2.24) is 28.2 Å². The maximum Gasteiger partial charge on any atom is 0.0669 e. The zero-order valence-corrected chi connectivity index (χ0v) is 66.4. The molecular formula is C90H85Ir3N6-3. The molecule has 6 nitrogen and oxygen atoms in total. The summed E-state index contributed by atoms with van der Waals surface area (Å²) in [6.45, 7) is 31.4. The van der Waals surface area contributed by atoms with Gasteiger partial charge in [0.1, 0.15) is 0 Å². The first kappa shape index (κ1) is 72.0. The van der Waals surface area contributed by atoms with Gasteiger partial charge in [-0.15, -0.1) is 89.0 Å². The summed E-state index contributed by atoms with van der Waals surface area (Å²) in [4.78, 5) is 14.9. The van der Waals surface area contributed by atoms with Gasteiger partial charge in [-0.1, -0.05) is 180 Å². The van der Waals surface area contributed by atoms with Gasteiger partial charge in [-0.25, -0.2) is 0 Å². The van der Waals surface area contributed by atoms with Crippen molar-refractivity contribution in [3.8, 4) is 33.8 Å². The van der Waals surface area contributed by atoms with Crippen LogP contribution in [-0.4, -0.2) is 28.2 Å². The molecule has 0 spiro atoms. The van der Waals surface area contributed by atoms with Crippen molar-refractivity contribution in [3.05, 3.63) is 286 Å². The van der Waals surface area contributed by atoms with Gasteiger partial charge in [-0.3, -0.25) is 15.0 Å². The number of benzene rings is 10. The fourth-order valence-corrected chi connectivity index (χ4v) is 15.3. The Morgan fingerprint density at radius 2 is 0.798 bits per heavy atom. The molecule has 0 fully saturated rings. The fraction of sp³-hybridized carbons (Fsp3) is 0.233. The van der Waals surface area contributed by atoms with Crippen LogP contribution in [0.4, 0.5) is 0 Å². The van der Waals surface area contributed by atoms with Crippen molar-refractivity contribution in [2.75, 3.05) is 0 Å². The maximum absolute atomic E-state index is 5.06. The standard InChI is InChI=1S/C31H33N2.C30H23N2.C29H29N2.3Ir/c1-19(2)14-23-16-27-25-12-7-8-13-26(25)31-32-18-29(30-21(5)10-9-11-22(30)6)33(31)28(27)17-24(23)15-20(3)4;1-20-9-8-10-21(2)29(20)28-19-31-30-25-14-7-6-13-24(25)26-18-23(15-16-27(26)32(28)30)17-22-11-4-3-5-12-22;1-18-10-9-11-19(2)26(18)27-20(3)30-28-23-13-8-7-12-22(23)24-16-21(17-29(4,5)6)14-15-25(24)31(27)28;;;/h7-12,16-20H,14-15H2,1-6H3;3-13,15-16,18-19H,17H2,1-2H3;7-12,14-16H,17H2,1-6H3;;;/q3*-1;;;. The minimum absolute atomic E-state index is 0. The van der Waals surface area contributed by atoms with Gasteiger partial charge < -0.3 is 13.2 Å². The van der Waals surface area contributed by atoms with E-state index in [0.29, 0.717) is 11.8 Å². The molecule has 9 heteroatoms. The molecule has 0 saturated carbocycles. The first-order valence-corrected chi connectivity index (χ1v) is 34.3. The quantitative estimate of drug-likeness (QED) is 0.101. The maximum atomic E-state index is 5.06. The summed E-state index contributed by atoms with van der Waals surface area (Å²) in [7, 11) is 0. The average Bonchev–Trinajstić information content (AvgIpc) is 1.68. The van der Waals surface area contributed by atoms with Gasteiger partial charge in [0.25, 0.3) is 0 Å². The molecule has 6 heterocycles. The Morgan fingerprint density at radius 1 is 0.384 bits per heavy atom. The number of fused-ring (bicyclic) bond motifs is 18. The number of aromatic nitrogens is 6. The molecule has 0 atom stereocenters. The minimum Gasteiger partial charge on any atom is -0.333 e. The smallest absolute Gasteiger partial charge is 0.0669 e. The largest absolute Gasteiger partial charge is 0.333 e. The van der Waals surface area contributed by atoms with Crippen molar-refractivity contribution in [3.63, 3.8) is 0 Å². The van der Waals surface area contributed by atoms with Crippen molar-refractivity contribution in [2.24, 2.45) is 17.3 Å². The van der Waals surface area contributed by atoms with E-state index in [0.717, 1.165) is 75.9 Å². The van der Waals surface area contributed by atoms with Gasteiger partial charge in [0.2, 0.25) is 0 Å².